The number of amides is 1. The van der Waals surface area contributed by atoms with Gasteiger partial charge in [-0.2, -0.15) is 0 Å². The maximum Gasteiger partial charge on any atom is 0.229 e. The van der Waals surface area contributed by atoms with E-state index in [1.165, 1.54) is 0 Å². The number of hydrogen-bond acceptors (Lipinski definition) is 4. The van der Waals surface area contributed by atoms with Crippen LogP contribution < -0.4 is 5.73 Å². The molecule has 3 rings (SSSR count). The highest BCUT2D eigenvalue weighted by molar-refractivity contribution is 5.79. The summed E-state index contributed by atoms with van der Waals surface area (Å²) < 4.78 is 5.76. The lowest BCUT2D eigenvalue weighted by Crippen LogP contribution is -2.52. The molecule has 5 heteroatoms. The van der Waals surface area contributed by atoms with Crippen molar-refractivity contribution in [2.75, 3.05) is 6.54 Å². The number of aromatic nitrogens is 1. The van der Waals surface area contributed by atoms with Gasteiger partial charge in [-0.15, -0.1) is 0 Å². The summed E-state index contributed by atoms with van der Waals surface area (Å²) >= 11 is 0. The first-order chi connectivity index (χ1) is 11.6. The van der Waals surface area contributed by atoms with E-state index >= 15 is 0 Å². The molecule has 1 fully saturated rings. The fourth-order valence-electron chi connectivity index (χ4n) is 3.35. The van der Waals surface area contributed by atoms with E-state index in [-0.39, 0.29) is 24.4 Å². The van der Waals surface area contributed by atoms with E-state index < -0.39 is 0 Å². The van der Waals surface area contributed by atoms with E-state index in [1.54, 1.807) is 0 Å². The number of nitrogens with two attached hydrogens (primary N) is 1. The van der Waals surface area contributed by atoms with Crippen molar-refractivity contribution in [2.45, 2.75) is 51.6 Å². The number of nitrogens with zero attached hydrogens (tertiary/aromatic N) is 2. The van der Waals surface area contributed by atoms with Gasteiger partial charge in [0.2, 0.25) is 11.8 Å². The second-order valence-corrected chi connectivity index (χ2v) is 6.57. The number of rotatable bonds is 4. The summed E-state index contributed by atoms with van der Waals surface area (Å²) in [7, 11) is 0. The molecule has 1 aliphatic heterocycles. The maximum absolute atomic E-state index is 12.8. The molecule has 24 heavy (non-hydrogen) atoms. The number of hydrogen-bond donors (Lipinski definition) is 1. The molecule has 1 aromatic carbocycles. The Kier molecular flexibility index (Phi) is 5.00. The largest absolute Gasteiger partial charge is 0.441 e. The van der Waals surface area contributed by atoms with Gasteiger partial charge in [0.05, 0.1) is 12.1 Å². The van der Waals surface area contributed by atoms with Gasteiger partial charge >= 0.3 is 0 Å². The summed E-state index contributed by atoms with van der Waals surface area (Å²) in [5.74, 6) is 1.36. The molecule has 1 saturated heterocycles. The first-order valence-corrected chi connectivity index (χ1v) is 8.63. The van der Waals surface area contributed by atoms with Crippen molar-refractivity contribution in [3.63, 3.8) is 0 Å². The van der Waals surface area contributed by atoms with Crippen molar-refractivity contribution in [3.05, 3.63) is 41.8 Å². The molecule has 128 valence electrons. The van der Waals surface area contributed by atoms with Crippen LogP contribution in [-0.2, 0) is 11.2 Å². The van der Waals surface area contributed by atoms with Gasteiger partial charge in [0.1, 0.15) is 5.76 Å². The first kappa shape index (κ1) is 16.7. The number of oxazole rings is 1. The van der Waals surface area contributed by atoms with E-state index in [9.17, 15) is 4.79 Å². The van der Waals surface area contributed by atoms with Gasteiger partial charge in [0, 0.05) is 24.2 Å². The van der Waals surface area contributed by atoms with Crippen molar-refractivity contribution < 1.29 is 9.21 Å². The molecule has 0 spiro atoms. The molecule has 2 atom stereocenters. The molecule has 0 radical (unpaired) electrons. The minimum absolute atomic E-state index is 0.00691. The first-order valence-electron chi connectivity index (χ1n) is 8.63. The predicted octanol–water partition coefficient (Wildman–Crippen LogP) is 2.92. The Morgan fingerprint density at radius 2 is 2.12 bits per heavy atom. The summed E-state index contributed by atoms with van der Waals surface area (Å²) in [5.41, 5.74) is 7.71. The topological polar surface area (TPSA) is 72.4 Å². The van der Waals surface area contributed by atoms with Gasteiger partial charge in [0.15, 0.2) is 0 Å². The monoisotopic (exact) mass is 327 g/mol. The highest BCUT2D eigenvalue weighted by atomic mass is 16.4. The van der Waals surface area contributed by atoms with E-state index in [0.717, 1.165) is 31.4 Å². The minimum Gasteiger partial charge on any atom is -0.441 e. The van der Waals surface area contributed by atoms with Crippen LogP contribution in [0.4, 0.5) is 0 Å². The van der Waals surface area contributed by atoms with Crippen LogP contribution in [0.5, 0.6) is 0 Å². The number of piperidine rings is 1. The Morgan fingerprint density at radius 1 is 1.38 bits per heavy atom. The van der Waals surface area contributed by atoms with E-state index in [4.69, 9.17) is 10.2 Å². The zero-order valence-corrected chi connectivity index (χ0v) is 14.4. The van der Waals surface area contributed by atoms with Crippen LogP contribution in [0.1, 0.15) is 37.6 Å². The van der Waals surface area contributed by atoms with Gasteiger partial charge in [-0.1, -0.05) is 18.2 Å². The average molecular weight is 327 g/mol. The van der Waals surface area contributed by atoms with Gasteiger partial charge in [-0.05, 0) is 45.2 Å². The van der Waals surface area contributed by atoms with Crippen LogP contribution in [0, 0.1) is 6.92 Å². The number of carbonyl (C=O) groups excluding carboxylic acids is 1. The third-order valence-corrected chi connectivity index (χ3v) is 4.71. The summed E-state index contributed by atoms with van der Waals surface area (Å²) in [6, 6.07) is 9.87. The van der Waals surface area contributed by atoms with Crippen LogP contribution in [-0.4, -0.2) is 34.4 Å². The molecule has 1 amide bonds. The number of carbonyl (C=O) groups is 1. The molecule has 2 unspecified atom stereocenters. The van der Waals surface area contributed by atoms with Crippen molar-refractivity contribution >= 4 is 5.91 Å². The van der Waals surface area contributed by atoms with Gasteiger partial charge in [0.25, 0.3) is 0 Å². The van der Waals surface area contributed by atoms with Crippen LogP contribution in [0.15, 0.2) is 34.7 Å². The number of aryl methyl sites for hydroxylation is 1. The second-order valence-electron chi connectivity index (χ2n) is 6.57. The molecular weight excluding hydrogens is 302 g/mol. The van der Waals surface area contributed by atoms with Crippen molar-refractivity contribution in [3.8, 4) is 11.5 Å². The Balaban J connectivity index is 1.76. The third kappa shape index (κ3) is 3.51. The summed E-state index contributed by atoms with van der Waals surface area (Å²) in [6.07, 6.45) is 3.43. The highest BCUT2D eigenvalue weighted by Crippen LogP contribution is 2.24. The Morgan fingerprint density at radius 3 is 2.83 bits per heavy atom. The molecule has 0 bridgehead atoms. The highest BCUT2D eigenvalue weighted by Gasteiger charge is 2.30. The van der Waals surface area contributed by atoms with Crippen LogP contribution in [0.2, 0.25) is 0 Å². The lowest BCUT2D eigenvalue weighted by atomic mass is 9.96. The summed E-state index contributed by atoms with van der Waals surface area (Å²) in [6.45, 7) is 4.62. The van der Waals surface area contributed by atoms with Crippen LogP contribution in [0.25, 0.3) is 11.5 Å². The average Bonchev–Trinajstić information content (AvgIpc) is 2.96. The minimum atomic E-state index is -0.00691. The standard InChI is InChI=1S/C19H25N3O2/c1-13(20)17-10-6-7-11-22(17)18(23)12-16-14(2)24-19(21-16)15-8-4-3-5-9-15/h3-5,8-9,13,17H,6-7,10-12,20H2,1-2H3. The molecule has 2 aromatic rings. The molecule has 1 aliphatic rings. The van der Waals surface area contributed by atoms with Crippen LogP contribution >= 0.6 is 0 Å². The van der Waals surface area contributed by atoms with E-state index in [0.29, 0.717) is 17.3 Å². The molecule has 0 aliphatic carbocycles. The molecule has 1 aromatic heterocycles. The zero-order valence-electron chi connectivity index (χ0n) is 14.4. The van der Waals surface area contributed by atoms with Gasteiger partial charge < -0.3 is 15.1 Å². The molecule has 2 N–H and O–H groups in total. The SMILES string of the molecule is Cc1oc(-c2ccccc2)nc1CC(=O)N1CCCCC1C(C)N. The van der Waals surface area contributed by atoms with Gasteiger partial charge in [-0.25, -0.2) is 4.98 Å². The molecule has 5 nitrogen and oxygen atoms in total. The van der Waals surface area contributed by atoms with Gasteiger partial charge in [-0.3, -0.25) is 4.79 Å². The Labute approximate surface area is 142 Å². The van der Waals surface area contributed by atoms with Crippen molar-refractivity contribution in [1.29, 1.82) is 0 Å². The zero-order chi connectivity index (χ0) is 17.1. The molecule has 2 heterocycles. The lowest BCUT2D eigenvalue weighted by Gasteiger charge is -2.38. The van der Waals surface area contributed by atoms with E-state index in [2.05, 4.69) is 4.98 Å². The van der Waals surface area contributed by atoms with E-state index in [1.807, 2.05) is 49.1 Å². The van der Waals surface area contributed by atoms with Crippen molar-refractivity contribution in [1.82, 2.24) is 9.88 Å². The molecular formula is C19H25N3O2. The maximum atomic E-state index is 12.8. The number of benzene rings is 1. The smallest absolute Gasteiger partial charge is 0.229 e. The Bertz CT molecular complexity index is 694. The normalized spacial score (nSPS) is 19.3. The quantitative estimate of drug-likeness (QED) is 0.937. The summed E-state index contributed by atoms with van der Waals surface area (Å²) in [5, 5.41) is 0. The van der Waals surface area contributed by atoms with Crippen LogP contribution in [0.3, 0.4) is 0 Å². The Hall–Kier alpha value is -2.14. The van der Waals surface area contributed by atoms with Crippen molar-refractivity contribution in [2.24, 2.45) is 5.73 Å². The third-order valence-electron chi connectivity index (χ3n) is 4.71. The fourth-order valence-corrected chi connectivity index (χ4v) is 3.35. The predicted molar refractivity (Wildman–Crippen MR) is 93.4 cm³/mol. The fraction of sp³-hybridized carbons (Fsp3) is 0.474. The molecule has 0 saturated carbocycles. The summed E-state index contributed by atoms with van der Waals surface area (Å²) in [4.78, 5) is 19.2. The lowest BCUT2D eigenvalue weighted by molar-refractivity contribution is -0.134. The number of likely N-dealkylation sites (tertiary alicyclic amines) is 1. The second kappa shape index (κ2) is 7.18.